The van der Waals surface area contributed by atoms with Crippen LogP contribution >= 0.6 is 23.4 Å². The largest absolute Gasteiger partial charge is 0.382 e. The number of nitrogens with zero attached hydrogens (tertiary/aromatic N) is 4. The SMILES string of the molecule is C[C@@H]1OCC2(CCN(c3cnc(Sc4ccnc(N)c4Cl)c(N)n3)CC2)[C@@H]1NCc1ccc(C2CCC(=O)NC2=O)cc1. The summed E-state index contributed by atoms with van der Waals surface area (Å²) in [6, 6.07) is 10.1. The van der Waals surface area contributed by atoms with Crippen molar-refractivity contribution in [3.63, 3.8) is 0 Å². The number of anilines is 3. The smallest absolute Gasteiger partial charge is 0.234 e. The van der Waals surface area contributed by atoms with E-state index in [1.807, 2.05) is 12.1 Å². The molecule has 3 aliphatic heterocycles. The van der Waals surface area contributed by atoms with Gasteiger partial charge in [-0.3, -0.25) is 14.9 Å². The average molecular weight is 623 g/mol. The third kappa shape index (κ3) is 6.14. The minimum absolute atomic E-state index is 0.0232. The fraction of sp³-hybridized carbons (Fsp3) is 0.433. The van der Waals surface area contributed by atoms with Crippen LogP contribution in [0.5, 0.6) is 0 Å². The Morgan fingerprint density at radius 1 is 1.14 bits per heavy atom. The van der Waals surface area contributed by atoms with Crippen LogP contribution in [0.25, 0.3) is 0 Å². The highest BCUT2D eigenvalue weighted by Gasteiger charge is 2.49. The summed E-state index contributed by atoms with van der Waals surface area (Å²) < 4.78 is 6.19. The van der Waals surface area contributed by atoms with Gasteiger partial charge < -0.3 is 26.4 Å². The van der Waals surface area contributed by atoms with E-state index >= 15 is 0 Å². The van der Waals surface area contributed by atoms with Crippen LogP contribution in [0.1, 0.15) is 49.7 Å². The molecule has 1 spiro atoms. The molecule has 6 rings (SSSR count). The molecule has 11 nitrogen and oxygen atoms in total. The van der Waals surface area contributed by atoms with E-state index in [1.54, 1.807) is 18.5 Å². The molecule has 13 heteroatoms. The first-order valence-electron chi connectivity index (χ1n) is 14.5. The number of rotatable bonds is 7. The summed E-state index contributed by atoms with van der Waals surface area (Å²) in [5.41, 5.74) is 14.2. The fourth-order valence-electron chi connectivity index (χ4n) is 6.35. The van der Waals surface area contributed by atoms with Crippen LogP contribution in [0, 0.1) is 5.41 Å². The van der Waals surface area contributed by atoms with E-state index in [1.165, 1.54) is 11.8 Å². The van der Waals surface area contributed by atoms with Crippen molar-refractivity contribution in [2.75, 3.05) is 36.1 Å². The van der Waals surface area contributed by atoms with Gasteiger partial charge in [0.2, 0.25) is 11.8 Å². The number of nitrogen functional groups attached to an aromatic ring is 2. The molecule has 0 saturated carbocycles. The monoisotopic (exact) mass is 622 g/mol. The zero-order chi connectivity index (χ0) is 30.1. The first-order valence-corrected chi connectivity index (χ1v) is 15.6. The number of aromatic nitrogens is 3. The number of nitrogens with two attached hydrogens (primary N) is 2. The number of pyridine rings is 1. The number of carbonyl (C=O) groups excluding carboxylic acids is 2. The van der Waals surface area contributed by atoms with Crippen molar-refractivity contribution in [3.8, 4) is 0 Å². The summed E-state index contributed by atoms with van der Waals surface area (Å²) in [6.45, 7) is 5.20. The highest BCUT2D eigenvalue weighted by atomic mass is 35.5. The van der Waals surface area contributed by atoms with Gasteiger partial charge in [-0.05, 0) is 43.4 Å². The highest BCUT2D eigenvalue weighted by Crippen LogP contribution is 2.43. The molecule has 226 valence electrons. The lowest BCUT2D eigenvalue weighted by atomic mass is 9.73. The normalized spacial score (nSPS) is 23.5. The summed E-state index contributed by atoms with van der Waals surface area (Å²) in [5.74, 6) is 0.678. The molecule has 3 aromatic rings. The van der Waals surface area contributed by atoms with Gasteiger partial charge in [0.25, 0.3) is 0 Å². The molecule has 0 radical (unpaired) electrons. The van der Waals surface area contributed by atoms with Gasteiger partial charge in [0.15, 0.2) is 5.82 Å². The van der Waals surface area contributed by atoms with Crippen LogP contribution in [0.3, 0.4) is 0 Å². The van der Waals surface area contributed by atoms with Gasteiger partial charge in [-0.1, -0.05) is 47.6 Å². The van der Waals surface area contributed by atoms with Gasteiger partial charge in [0, 0.05) is 48.6 Å². The Morgan fingerprint density at radius 3 is 2.63 bits per heavy atom. The topological polar surface area (TPSA) is 161 Å². The predicted molar refractivity (Wildman–Crippen MR) is 166 cm³/mol. The van der Waals surface area contributed by atoms with Crippen molar-refractivity contribution in [2.24, 2.45) is 5.41 Å². The van der Waals surface area contributed by atoms with Crippen LogP contribution in [-0.2, 0) is 20.9 Å². The Balaban J connectivity index is 1.06. The molecule has 3 aliphatic rings. The fourth-order valence-corrected chi connectivity index (χ4v) is 7.36. The van der Waals surface area contributed by atoms with E-state index < -0.39 is 0 Å². The first kappa shape index (κ1) is 29.6. The molecule has 1 unspecified atom stereocenters. The van der Waals surface area contributed by atoms with E-state index in [-0.39, 0.29) is 41.1 Å². The third-order valence-corrected chi connectivity index (χ3v) is 10.4. The third-order valence-electron chi connectivity index (χ3n) is 8.83. The maximum Gasteiger partial charge on any atom is 0.234 e. The predicted octanol–water partition coefficient (Wildman–Crippen LogP) is 3.52. The number of carbonyl (C=O) groups is 2. The number of amides is 2. The summed E-state index contributed by atoms with van der Waals surface area (Å²) in [4.78, 5) is 39.9. The number of piperidine rings is 2. The van der Waals surface area contributed by atoms with Crippen LogP contribution in [0.2, 0.25) is 5.02 Å². The van der Waals surface area contributed by atoms with E-state index in [0.717, 1.165) is 47.8 Å². The highest BCUT2D eigenvalue weighted by molar-refractivity contribution is 7.99. The number of ether oxygens (including phenoxy) is 1. The number of halogens is 1. The zero-order valence-electron chi connectivity index (χ0n) is 23.9. The molecular formula is C30H35ClN8O3S. The van der Waals surface area contributed by atoms with Crippen LogP contribution in [0.4, 0.5) is 17.5 Å². The molecular weight excluding hydrogens is 588 g/mol. The van der Waals surface area contributed by atoms with Gasteiger partial charge in [-0.25, -0.2) is 15.0 Å². The molecule has 1 aromatic carbocycles. The minimum atomic E-state index is -0.273. The molecule has 2 amide bonds. The van der Waals surface area contributed by atoms with Gasteiger partial charge >= 0.3 is 0 Å². The molecule has 0 bridgehead atoms. The standard InChI is InChI=1S/C30H35ClN8O3S/c1-17-25(35-14-18-2-4-19(5-3-18)20-6-7-23(40)38-28(20)41)30(16-42-17)9-12-39(13-10-30)22-15-36-29(27(33)37-22)43-21-8-11-34-26(32)24(21)31/h2-5,8,11,15,17,20,25,35H,6-7,9-10,12-14,16H2,1H3,(H2,32,34)(H2,33,37)(H,38,40,41)/t17-,20?,25+/m0/s1. The Kier molecular flexibility index (Phi) is 8.45. The molecule has 6 N–H and O–H groups in total. The summed E-state index contributed by atoms with van der Waals surface area (Å²) in [5, 5.41) is 7.16. The summed E-state index contributed by atoms with van der Waals surface area (Å²) in [6.07, 6.45) is 6.28. The molecule has 3 saturated heterocycles. The Hall–Kier alpha value is -3.45. The summed E-state index contributed by atoms with van der Waals surface area (Å²) in [7, 11) is 0. The quantitative estimate of drug-likeness (QED) is 0.285. The number of hydrogen-bond acceptors (Lipinski definition) is 11. The van der Waals surface area contributed by atoms with Crippen LogP contribution in [-0.4, -0.2) is 58.6 Å². The second-order valence-electron chi connectivity index (χ2n) is 11.5. The molecule has 0 aliphatic carbocycles. The van der Waals surface area contributed by atoms with E-state index in [9.17, 15) is 9.59 Å². The Morgan fingerprint density at radius 2 is 1.91 bits per heavy atom. The number of benzene rings is 1. The van der Waals surface area contributed by atoms with Crippen molar-refractivity contribution < 1.29 is 14.3 Å². The summed E-state index contributed by atoms with van der Waals surface area (Å²) >= 11 is 7.60. The van der Waals surface area contributed by atoms with Gasteiger partial charge in [0.05, 0.1) is 29.8 Å². The number of nitrogens with one attached hydrogen (secondary N) is 2. The van der Waals surface area contributed by atoms with E-state index in [4.69, 9.17) is 27.8 Å². The molecule has 3 fully saturated rings. The van der Waals surface area contributed by atoms with Crippen LogP contribution < -0.4 is 27.0 Å². The van der Waals surface area contributed by atoms with E-state index in [0.29, 0.717) is 41.9 Å². The van der Waals surface area contributed by atoms with Gasteiger partial charge in [-0.2, -0.15) is 0 Å². The van der Waals surface area contributed by atoms with Crippen molar-refractivity contribution >= 4 is 52.6 Å². The minimum Gasteiger partial charge on any atom is -0.382 e. The lowest BCUT2D eigenvalue weighted by Crippen LogP contribution is -2.52. The lowest BCUT2D eigenvalue weighted by Gasteiger charge is -2.43. The average Bonchev–Trinajstić information content (AvgIpc) is 3.30. The Labute approximate surface area is 259 Å². The van der Waals surface area contributed by atoms with Gasteiger partial charge in [0.1, 0.15) is 16.7 Å². The lowest BCUT2D eigenvalue weighted by molar-refractivity contribution is -0.134. The Bertz CT molecular complexity index is 1520. The molecule has 5 heterocycles. The molecule has 43 heavy (non-hydrogen) atoms. The number of hydrogen-bond donors (Lipinski definition) is 4. The van der Waals surface area contributed by atoms with E-state index in [2.05, 4.69) is 49.5 Å². The second-order valence-corrected chi connectivity index (χ2v) is 12.9. The maximum absolute atomic E-state index is 12.2. The second kappa shape index (κ2) is 12.3. The maximum atomic E-state index is 12.2. The van der Waals surface area contributed by atoms with Crippen molar-refractivity contribution in [3.05, 3.63) is 58.9 Å². The molecule has 3 atom stereocenters. The van der Waals surface area contributed by atoms with Crippen molar-refractivity contribution in [2.45, 2.75) is 67.1 Å². The number of imide groups is 1. The van der Waals surface area contributed by atoms with Crippen molar-refractivity contribution in [1.82, 2.24) is 25.6 Å². The first-order chi connectivity index (χ1) is 20.7. The van der Waals surface area contributed by atoms with Gasteiger partial charge in [-0.15, -0.1) is 0 Å². The van der Waals surface area contributed by atoms with Crippen LogP contribution in [0.15, 0.2) is 52.6 Å². The van der Waals surface area contributed by atoms with Crippen molar-refractivity contribution in [1.29, 1.82) is 0 Å². The zero-order valence-corrected chi connectivity index (χ0v) is 25.5. The molecule has 2 aromatic heterocycles.